The molecule has 0 unspecified atom stereocenters. The van der Waals surface area contributed by atoms with Gasteiger partial charge in [-0.1, -0.05) is 0 Å². The third-order valence-electron chi connectivity index (χ3n) is 2.55. The standard InChI is InChI=1S/C10H14O2.Ac/c1-5-6(2)10(12)8(4)7(3)9(5)11;/h11-12H,1-4H3;. The van der Waals surface area contributed by atoms with Crippen LogP contribution >= 0.6 is 0 Å². The Morgan fingerprint density at radius 1 is 0.615 bits per heavy atom. The summed E-state index contributed by atoms with van der Waals surface area (Å²) in [6, 6.07) is 0. The van der Waals surface area contributed by atoms with E-state index < -0.39 is 0 Å². The molecule has 1 aromatic carbocycles. The molecule has 2 N–H and O–H groups in total. The first-order valence-electron chi connectivity index (χ1n) is 3.95. The maximum Gasteiger partial charge on any atom is 0.122 e. The average Bonchev–Trinajstić information content (AvgIpc) is 2.08. The molecule has 13 heavy (non-hydrogen) atoms. The summed E-state index contributed by atoms with van der Waals surface area (Å²) < 4.78 is 0. The topological polar surface area (TPSA) is 40.5 Å². The van der Waals surface area contributed by atoms with Crippen molar-refractivity contribution >= 4 is 0 Å². The van der Waals surface area contributed by atoms with E-state index in [0.29, 0.717) is 11.5 Å². The second-order valence-electron chi connectivity index (χ2n) is 3.20. The van der Waals surface area contributed by atoms with Gasteiger partial charge in [-0.2, -0.15) is 0 Å². The van der Waals surface area contributed by atoms with Gasteiger partial charge in [-0.15, -0.1) is 0 Å². The van der Waals surface area contributed by atoms with Crippen LogP contribution in [0.5, 0.6) is 11.5 Å². The largest absolute Gasteiger partial charge is 0.507 e. The number of rotatable bonds is 0. The minimum absolute atomic E-state index is 0. The molecule has 0 amide bonds. The Morgan fingerprint density at radius 2 is 0.769 bits per heavy atom. The second kappa shape index (κ2) is 4.66. The van der Waals surface area contributed by atoms with Crippen LogP contribution in [0.4, 0.5) is 0 Å². The van der Waals surface area contributed by atoms with E-state index in [-0.39, 0.29) is 44.1 Å². The smallest absolute Gasteiger partial charge is 0.122 e. The van der Waals surface area contributed by atoms with Gasteiger partial charge in [0.2, 0.25) is 0 Å². The zero-order valence-corrected chi connectivity index (χ0v) is 13.2. The van der Waals surface area contributed by atoms with Gasteiger partial charge < -0.3 is 10.2 Å². The number of hydrogen-bond acceptors (Lipinski definition) is 2. The van der Waals surface area contributed by atoms with Gasteiger partial charge in [0.15, 0.2) is 0 Å². The molecule has 2 nitrogen and oxygen atoms in total. The molecule has 1 radical (unpaired) electrons. The Kier molecular flexibility index (Phi) is 4.76. The van der Waals surface area contributed by atoms with Crippen LogP contribution in [0.3, 0.4) is 0 Å². The Bertz CT molecular complexity index is 227. The van der Waals surface area contributed by atoms with Crippen LogP contribution in [0, 0.1) is 71.8 Å². The molecule has 0 saturated heterocycles. The summed E-state index contributed by atoms with van der Waals surface area (Å²) in [6.45, 7) is 7.21. The van der Waals surface area contributed by atoms with Crippen LogP contribution in [0.1, 0.15) is 22.3 Å². The molecular formula is C10H14AcO2. The van der Waals surface area contributed by atoms with E-state index in [4.69, 9.17) is 0 Å². The SMILES string of the molecule is Cc1c(C)c(O)c(C)c(C)c1O.[Ac]. The second-order valence-corrected chi connectivity index (χ2v) is 3.20. The van der Waals surface area contributed by atoms with Crippen LogP contribution in [-0.2, 0) is 0 Å². The maximum atomic E-state index is 9.58. The fourth-order valence-electron chi connectivity index (χ4n) is 1.27. The average molecular weight is 393 g/mol. The van der Waals surface area contributed by atoms with Gasteiger partial charge in [0.1, 0.15) is 11.5 Å². The molecule has 0 saturated carbocycles. The van der Waals surface area contributed by atoms with Crippen LogP contribution in [0.25, 0.3) is 0 Å². The fraction of sp³-hybridized carbons (Fsp3) is 0.400. The summed E-state index contributed by atoms with van der Waals surface area (Å²) in [4.78, 5) is 0. The van der Waals surface area contributed by atoms with E-state index in [0.717, 1.165) is 22.3 Å². The molecular weight excluding hydrogens is 379 g/mol. The van der Waals surface area contributed by atoms with Crippen molar-refractivity contribution in [2.45, 2.75) is 27.7 Å². The third-order valence-corrected chi connectivity index (χ3v) is 2.55. The van der Waals surface area contributed by atoms with Crippen LogP contribution in [-0.4, -0.2) is 10.2 Å². The number of benzene rings is 1. The van der Waals surface area contributed by atoms with Crippen molar-refractivity contribution in [2.75, 3.05) is 0 Å². The van der Waals surface area contributed by atoms with Gasteiger partial charge in [0.25, 0.3) is 0 Å². The number of hydrogen-bond donors (Lipinski definition) is 2. The number of phenolic OH excluding ortho intramolecular Hbond substituents is 2. The summed E-state index contributed by atoms with van der Waals surface area (Å²) >= 11 is 0. The molecule has 0 heterocycles. The van der Waals surface area contributed by atoms with Gasteiger partial charge in [-0.25, -0.2) is 0 Å². The molecule has 69 valence electrons. The molecule has 0 bridgehead atoms. The van der Waals surface area contributed by atoms with Gasteiger partial charge in [0, 0.05) is 44.1 Å². The predicted molar refractivity (Wildman–Crippen MR) is 48.7 cm³/mol. The van der Waals surface area contributed by atoms with E-state index in [1.165, 1.54) is 0 Å². The van der Waals surface area contributed by atoms with Crippen LogP contribution in [0.2, 0.25) is 0 Å². The van der Waals surface area contributed by atoms with Crippen molar-refractivity contribution < 1.29 is 54.3 Å². The van der Waals surface area contributed by atoms with Crippen molar-refractivity contribution in [2.24, 2.45) is 0 Å². The minimum Gasteiger partial charge on any atom is -0.507 e. The summed E-state index contributed by atoms with van der Waals surface area (Å²) in [6.07, 6.45) is 0. The first-order valence-corrected chi connectivity index (χ1v) is 3.95. The van der Waals surface area contributed by atoms with Crippen molar-refractivity contribution in [3.8, 4) is 11.5 Å². The first kappa shape index (κ1) is 13.3. The van der Waals surface area contributed by atoms with Crippen molar-refractivity contribution in [3.05, 3.63) is 22.3 Å². The molecule has 0 fully saturated rings. The molecule has 1 rings (SSSR count). The number of phenols is 2. The predicted octanol–water partition coefficient (Wildman–Crippen LogP) is 2.33. The van der Waals surface area contributed by atoms with Gasteiger partial charge in [-0.3, -0.25) is 0 Å². The van der Waals surface area contributed by atoms with E-state index >= 15 is 0 Å². The van der Waals surface area contributed by atoms with Crippen molar-refractivity contribution in [1.82, 2.24) is 0 Å². The zero-order valence-electron chi connectivity index (χ0n) is 8.47. The maximum absolute atomic E-state index is 9.58. The fourth-order valence-corrected chi connectivity index (χ4v) is 1.27. The van der Waals surface area contributed by atoms with Gasteiger partial charge >= 0.3 is 0 Å². The Morgan fingerprint density at radius 3 is 0.923 bits per heavy atom. The molecule has 3 heteroatoms. The summed E-state index contributed by atoms with van der Waals surface area (Å²) in [7, 11) is 0. The summed E-state index contributed by atoms with van der Waals surface area (Å²) in [5.74, 6) is 0.589. The van der Waals surface area contributed by atoms with E-state index in [9.17, 15) is 10.2 Å². The summed E-state index contributed by atoms with van der Waals surface area (Å²) in [5, 5.41) is 19.2. The monoisotopic (exact) mass is 393 g/mol. The molecule has 1 aromatic rings. The quantitative estimate of drug-likeness (QED) is 0.665. The van der Waals surface area contributed by atoms with Gasteiger partial charge in [0.05, 0.1) is 0 Å². The Balaban J connectivity index is 0.00000144. The Hall–Kier alpha value is 0.262. The molecule has 0 aliphatic rings. The van der Waals surface area contributed by atoms with E-state index in [1.54, 1.807) is 27.7 Å². The Labute approximate surface area is 115 Å². The molecule has 0 aliphatic carbocycles. The molecule has 0 atom stereocenters. The molecule has 0 spiro atoms. The normalized spacial score (nSPS) is 9.54. The first-order chi connectivity index (χ1) is 5.46. The summed E-state index contributed by atoms with van der Waals surface area (Å²) in [5.41, 5.74) is 3.04. The van der Waals surface area contributed by atoms with Crippen molar-refractivity contribution in [3.63, 3.8) is 0 Å². The molecule has 0 aromatic heterocycles. The zero-order chi connectivity index (χ0) is 9.46. The molecule has 0 aliphatic heterocycles. The van der Waals surface area contributed by atoms with E-state index in [1.807, 2.05) is 0 Å². The van der Waals surface area contributed by atoms with Crippen LogP contribution < -0.4 is 0 Å². The van der Waals surface area contributed by atoms with Crippen molar-refractivity contribution in [1.29, 1.82) is 0 Å². The number of aromatic hydroxyl groups is 2. The van der Waals surface area contributed by atoms with E-state index in [2.05, 4.69) is 0 Å². The minimum atomic E-state index is 0. The van der Waals surface area contributed by atoms with Crippen LogP contribution in [0.15, 0.2) is 0 Å². The third kappa shape index (κ3) is 2.19. The van der Waals surface area contributed by atoms with Gasteiger partial charge in [-0.05, 0) is 49.9 Å².